The predicted molar refractivity (Wildman–Crippen MR) is 99.0 cm³/mol. The number of rotatable bonds is 4. The maximum atomic E-state index is 10.9. The normalized spacial score (nSPS) is 30.9. The molecule has 2 aromatic heterocycles. The average molecular weight is 403 g/mol. The highest BCUT2D eigenvalue weighted by Gasteiger charge is 2.62. The van der Waals surface area contributed by atoms with Crippen LogP contribution in [0.4, 0.5) is 0 Å². The summed E-state index contributed by atoms with van der Waals surface area (Å²) in [6, 6.07) is 6.84. The van der Waals surface area contributed by atoms with Gasteiger partial charge in [0, 0.05) is 26.5 Å². The Morgan fingerprint density at radius 2 is 2.14 bits per heavy atom. The quantitative estimate of drug-likeness (QED) is 0.440. The Hall–Kier alpha value is -2.79. The fourth-order valence-corrected chi connectivity index (χ4v) is 3.59. The van der Waals surface area contributed by atoms with E-state index in [1.165, 1.54) is 20.3 Å². The molecule has 0 saturated carbocycles. The van der Waals surface area contributed by atoms with Crippen molar-refractivity contribution in [2.75, 3.05) is 14.2 Å². The molecule has 0 aliphatic carbocycles. The Labute approximate surface area is 166 Å². The fourth-order valence-electron chi connectivity index (χ4n) is 3.59. The van der Waals surface area contributed by atoms with Gasteiger partial charge in [-0.1, -0.05) is 11.2 Å². The third kappa shape index (κ3) is 3.10. The van der Waals surface area contributed by atoms with Gasteiger partial charge in [-0.25, -0.2) is 4.98 Å². The molecule has 1 fully saturated rings. The number of methoxy groups -OCH3 is 2. The van der Waals surface area contributed by atoms with Crippen molar-refractivity contribution in [1.29, 1.82) is 0 Å². The molecule has 29 heavy (non-hydrogen) atoms. The number of oxime groups is 1. The highest BCUT2D eigenvalue weighted by atomic mass is 16.8. The number of ether oxygens (including phenoxy) is 5. The van der Waals surface area contributed by atoms with Gasteiger partial charge in [0.2, 0.25) is 0 Å². The third-order valence-corrected chi connectivity index (χ3v) is 4.99. The van der Waals surface area contributed by atoms with Crippen LogP contribution in [0.1, 0.15) is 12.6 Å². The SMILES string of the molecule is CO[C@H]1[C@H](C)O[C@@H]2Oc3c(cc(/C=N/O)nc3-c3ccccn3)OC2(OC)[C@@H]1O. The van der Waals surface area contributed by atoms with Crippen molar-refractivity contribution >= 4 is 6.21 Å². The van der Waals surface area contributed by atoms with Gasteiger partial charge in [0.1, 0.15) is 11.8 Å². The summed E-state index contributed by atoms with van der Waals surface area (Å²) in [7, 11) is 2.85. The van der Waals surface area contributed by atoms with Crippen LogP contribution in [0.15, 0.2) is 35.6 Å². The van der Waals surface area contributed by atoms with Crippen molar-refractivity contribution in [3.05, 3.63) is 36.2 Å². The monoisotopic (exact) mass is 403 g/mol. The summed E-state index contributed by atoms with van der Waals surface area (Å²) in [5.74, 6) is -1.18. The van der Waals surface area contributed by atoms with Gasteiger partial charge in [-0.15, -0.1) is 0 Å². The molecule has 2 aliphatic rings. The second-order valence-corrected chi connectivity index (χ2v) is 6.65. The molecule has 4 heterocycles. The lowest BCUT2D eigenvalue weighted by Gasteiger charge is -2.51. The Morgan fingerprint density at radius 3 is 2.79 bits per heavy atom. The van der Waals surface area contributed by atoms with Crippen molar-refractivity contribution in [2.24, 2.45) is 5.16 Å². The maximum absolute atomic E-state index is 10.9. The van der Waals surface area contributed by atoms with E-state index in [9.17, 15) is 5.11 Å². The molecule has 10 nitrogen and oxygen atoms in total. The lowest BCUT2D eigenvalue weighted by atomic mass is 9.95. The molecule has 5 atom stereocenters. The van der Waals surface area contributed by atoms with E-state index in [-0.39, 0.29) is 11.5 Å². The van der Waals surface area contributed by atoms with Gasteiger partial charge >= 0.3 is 5.79 Å². The summed E-state index contributed by atoms with van der Waals surface area (Å²) in [5, 5.41) is 22.9. The molecule has 10 heteroatoms. The molecule has 0 amide bonds. The molecule has 2 aromatic rings. The van der Waals surface area contributed by atoms with Crippen LogP contribution in [0, 0.1) is 0 Å². The van der Waals surface area contributed by atoms with Gasteiger partial charge < -0.3 is 34.0 Å². The van der Waals surface area contributed by atoms with Gasteiger partial charge in [-0.2, -0.15) is 0 Å². The number of nitrogens with zero attached hydrogens (tertiary/aromatic N) is 3. The molecule has 154 valence electrons. The number of aliphatic hydroxyl groups excluding tert-OH is 1. The van der Waals surface area contributed by atoms with Crippen LogP contribution in [0.3, 0.4) is 0 Å². The second-order valence-electron chi connectivity index (χ2n) is 6.65. The standard InChI is InChI=1S/C19H21N3O7/c1-10-15(25-2)17(23)19(26-3)18(27-10)28-16-13(29-19)8-11(9-21-24)22-14(16)12-6-4-5-7-20-12/h4-10,15,17-18,23-24H,1-3H3/b21-9+/t10-,15-,17+,18+,19?/m0/s1. The Bertz CT molecular complexity index is 910. The van der Waals surface area contributed by atoms with Gasteiger partial charge in [0.25, 0.3) is 6.29 Å². The summed E-state index contributed by atoms with van der Waals surface area (Å²) in [5.41, 5.74) is 1.18. The largest absolute Gasteiger partial charge is 0.451 e. The summed E-state index contributed by atoms with van der Waals surface area (Å²) in [4.78, 5) is 8.75. The first-order valence-electron chi connectivity index (χ1n) is 8.95. The molecular weight excluding hydrogens is 382 g/mol. The molecule has 0 radical (unpaired) electrons. The summed E-state index contributed by atoms with van der Waals surface area (Å²) in [6.45, 7) is 1.76. The Balaban J connectivity index is 1.86. The molecule has 4 rings (SSSR count). The Morgan fingerprint density at radius 1 is 1.31 bits per heavy atom. The summed E-state index contributed by atoms with van der Waals surface area (Å²) in [6.07, 6.45) is -0.716. The molecule has 0 aromatic carbocycles. The number of fused-ring (bicyclic) bond motifs is 2. The minimum atomic E-state index is -1.67. The number of hydrogen-bond donors (Lipinski definition) is 2. The molecule has 1 unspecified atom stereocenters. The highest BCUT2D eigenvalue weighted by Crippen LogP contribution is 2.48. The van der Waals surface area contributed by atoms with Gasteiger partial charge in [0.05, 0.1) is 23.7 Å². The highest BCUT2D eigenvalue weighted by molar-refractivity contribution is 5.81. The summed E-state index contributed by atoms with van der Waals surface area (Å²) >= 11 is 0. The minimum absolute atomic E-state index is 0.223. The molecule has 2 aliphatic heterocycles. The molecule has 0 bridgehead atoms. The average Bonchev–Trinajstić information content (AvgIpc) is 2.73. The predicted octanol–water partition coefficient (Wildman–Crippen LogP) is 1.19. The number of hydrogen-bond acceptors (Lipinski definition) is 10. The van der Waals surface area contributed by atoms with E-state index >= 15 is 0 Å². The molecule has 0 spiro atoms. The maximum Gasteiger partial charge on any atom is 0.302 e. The zero-order chi connectivity index (χ0) is 20.6. The van der Waals surface area contributed by atoms with Crippen LogP contribution in [0.25, 0.3) is 11.4 Å². The van der Waals surface area contributed by atoms with E-state index in [4.69, 9.17) is 28.9 Å². The smallest absolute Gasteiger partial charge is 0.302 e. The van der Waals surface area contributed by atoms with E-state index < -0.39 is 30.4 Å². The topological polar surface area (TPSA) is 125 Å². The van der Waals surface area contributed by atoms with E-state index in [1.54, 1.807) is 31.3 Å². The van der Waals surface area contributed by atoms with Crippen molar-refractivity contribution in [1.82, 2.24) is 9.97 Å². The van der Waals surface area contributed by atoms with E-state index in [0.29, 0.717) is 17.1 Å². The van der Waals surface area contributed by atoms with Crippen molar-refractivity contribution in [2.45, 2.75) is 37.3 Å². The number of aliphatic hydroxyl groups is 1. The van der Waals surface area contributed by atoms with Crippen LogP contribution in [0.5, 0.6) is 11.5 Å². The molecular formula is C19H21N3O7. The van der Waals surface area contributed by atoms with Crippen LogP contribution < -0.4 is 9.47 Å². The molecule has 2 N–H and O–H groups in total. The number of pyridine rings is 2. The fraction of sp³-hybridized carbons (Fsp3) is 0.421. The van der Waals surface area contributed by atoms with E-state index in [0.717, 1.165) is 6.21 Å². The van der Waals surface area contributed by atoms with Crippen LogP contribution in [-0.4, -0.2) is 71.1 Å². The lowest BCUT2D eigenvalue weighted by Crippen LogP contribution is -2.71. The zero-order valence-electron chi connectivity index (χ0n) is 16.1. The zero-order valence-corrected chi connectivity index (χ0v) is 16.1. The van der Waals surface area contributed by atoms with Crippen LogP contribution in [-0.2, 0) is 14.2 Å². The van der Waals surface area contributed by atoms with Crippen LogP contribution in [0.2, 0.25) is 0 Å². The second kappa shape index (κ2) is 7.56. The first-order valence-corrected chi connectivity index (χ1v) is 8.95. The first kappa shape index (κ1) is 19.5. The minimum Gasteiger partial charge on any atom is -0.451 e. The Kier molecular flexibility index (Phi) is 5.09. The lowest BCUT2D eigenvalue weighted by molar-refractivity contribution is -0.391. The van der Waals surface area contributed by atoms with E-state index in [2.05, 4.69) is 15.1 Å². The van der Waals surface area contributed by atoms with Crippen LogP contribution >= 0.6 is 0 Å². The summed E-state index contributed by atoms with van der Waals surface area (Å²) < 4.78 is 29.0. The van der Waals surface area contributed by atoms with Gasteiger partial charge in [-0.05, 0) is 19.1 Å². The van der Waals surface area contributed by atoms with E-state index in [1.807, 2.05) is 0 Å². The first-order chi connectivity index (χ1) is 14.0. The third-order valence-electron chi connectivity index (χ3n) is 4.99. The van der Waals surface area contributed by atoms with Gasteiger partial charge in [0.15, 0.2) is 17.6 Å². The van der Waals surface area contributed by atoms with Crippen molar-refractivity contribution in [3.8, 4) is 22.9 Å². The molecule has 1 saturated heterocycles. The number of aromatic nitrogens is 2. The van der Waals surface area contributed by atoms with Gasteiger partial charge in [-0.3, -0.25) is 4.98 Å². The van der Waals surface area contributed by atoms with Crippen molar-refractivity contribution < 1.29 is 34.0 Å². The van der Waals surface area contributed by atoms with Crippen molar-refractivity contribution in [3.63, 3.8) is 0 Å².